The van der Waals surface area contributed by atoms with Crippen molar-refractivity contribution in [2.24, 2.45) is 5.73 Å². The molecule has 0 bridgehead atoms. The molecule has 3 aromatic carbocycles. The summed E-state index contributed by atoms with van der Waals surface area (Å²) >= 11 is 0. The lowest BCUT2D eigenvalue weighted by Gasteiger charge is -2.13. The molecule has 0 unspecified atom stereocenters. The summed E-state index contributed by atoms with van der Waals surface area (Å²) in [7, 11) is 0. The summed E-state index contributed by atoms with van der Waals surface area (Å²) in [6, 6.07) is 19.1. The predicted octanol–water partition coefficient (Wildman–Crippen LogP) is 4.67. The van der Waals surface area contributed by atoms with Crippen molar-refractivity contribution < 1.29 is 13.5 Å². The fourth-order valence-corrected chi connectivity index (χ4v) is 2.51. The molecule has 0 heterocycles. The maximum atomic E-state index is 14.0. The summed E-state index contributed by atoms with van der Waals surface area (Å²) in [6.07, 6.45) is 0. The Labute approximate surface area is 139 Å². The lowest BCUT2D eigenvalue weighted by molar-refractivity contribution is 0.303. The third-order valence-corrected chi connectivity index (χ3v) is 3.78. The Morgan fingerprint density at radius 1 is 0.875 bits per heavy atom. The van der Waals surface area contributed by atoms with Gasteiger partial charge in [0, 0.05) is 17.7 Å². The number of hydrogen-bond acceptors (Lipinski definition) is 2. The first kappa shape index (κ1) is 16.1. The Morgan fingerprint density at radius 3 is 2.42 bits per heavy atom. The Balaban J connectivity index is 1.87. The zero-order valence-electron chi connectivity index (χ0n) is 13.0. The van der Waals surface area contributed by atoms with E-state index in [0.29, 0.717) is 17.9 Å². The van der Waals surface area contributed by atoms with Gasteiger partial charge in [-0.3, -0.25) is 0 Å². The Hall–Kier alpha value is -2.72. The molecule has 4 heteroatoms. The number of benzene rings is 3. The van der Waals surface area contributed by atoms with Gasteiger partial charge in [-0.25, -0.2) is 8.78 Å². The van der Waals surface area contributed by atoms with E-state index in [-0.39, 0.29) is 12.1 Å². The molecule has 2 N–H and O–H groups in total. The SMILES string of the molecule is NCc1cc(-c2cccc(F)c2F)ccc1OCc1ccccc1. The monoisotopic (exact) mass is 325 g/mol. The van der Waals surface area contributed by atoms with Crippen molar-refractivity contribution in [3.8, 4) is 16.9 Å². The molecule has 0 spiro atoms. The molecule has 0 amide bonds. The van der Waals surface area contributed by atoms with E-state index in [2.05, 4.69) is 0 Å². The van der Waals surface area contributed by atoms with Crippen LogP contribution in [0.1, 0.15) is 11.1 Å². The number of halogens is 2. The highest BCUT2D eigenvalue weighted by Gasteiger charge is 2.12. The zero-order valence-corrected chi connectivity index (χ0v) is 13.0. The van der Waals surface area contributed by atoms with Crippen LogP contribution in [-0.2, 0) is 13.2 Å². The van der Waals surface area contributed by atoms with E-state index in [1.165, 1.54) is 6.07 Å². The summed E-state index contributed by atoms with van der Waals surface area (Å²) < 4.78 is 33.2. The van der Waals surface area contributed by atoms with Crippen molar-refractivity contribution in [3.05, 3.63) is 89.5 Å². The third-order valence-electron chi connectivity index (χ3n) is 3.78. The van der Waals surface area contributed by atoms with Gasteiger partial charge < -0.3 is 10.5 Å². The number of ether oxygens (including phenoxy) is 1. The molecule has 0 saturated heterocycles. The van der Waals surface area contributed by atoms with Crippen LogP contribution >= 0.6 is 0 Å². The van der Waals surface area contributed by atoms with Crippen LogP contribution < -0.4 is 10.5 Å². The lowest BCUT2D eigenvalue weighted by Crippen LogP contribution is -2.03. The molecule has 0 fully saturated rings. The molecule has 0 radical (unpaired) electrons. The van der Waals surface area contributed by atoms with Crippen LogP contribution in [0.15, 0.2) is 66.7 Å². The van der Waals surface area contributed by atoms with Gasteiger partial charge in [-0.15, -0.1) is 0 Å². The summed E-state index contributed by atoms with van der Waals surface area (Å²) in [5.74, 6) is -1.09. The van der Waals surface area contributed by atoms with E-state index in [1.807, 2.05) is 30.3 Å². The van der Waals surface area contributed by atoms with Crippen molar-refractivity contribution in [2.45, 2.75) is 13.2 Å². The maximum Gasteiger partial charge on any atom is 0.166 e. The quantitative estimate of drug-likeness (QED) is 0.740. The van der Waals surface area contributed by atoms with Crippen LogP contribution in [0.4, 0.5) is 8.78 Å². The molecule has 0 atom stereocenters. The summed E-state index contributed by atoms with van der Waals surface area (Å²) in [6.45, 7) is 0.663. The highest BCUT2D eigenvalue weighted by molar-refractivity contribution is 5.66. The standard InChI is InChI=1S/C20H17F2NO/c21-18-8-4-7-17(20(18)22)15-9-10-19(16(11-15)12-23)24-13-14-5-2-1-3-6-14/h1-11H,12-13,23H2. The van der Waals surface area contributed by atoms with E-state index in [1.54, 1.807) is 24.3 Å². The minimum absolute atomic E-state index is 0.208. The smallest absolute Gasteiger partial charge is 0.166 e. The molecule has 2 nitrogen and oxygen atoms in total. The summed E-state index contributed by atoms with van der Waals surface area (Å²) in [5, 5.41) is 0. The van der Waals surface area contributed by atoms with Gasteiger partial charge in [0.2, 0.25) is 0 Å². The van der Waals surface area contributed by atoms with Gasteiger partial charge >= 0.3 is 0 Å². The number of nitrogens with two attached hydrogens (primary N) is 1. The van der Waals surface area contributed by atoms with Crippen molar-refractivity contribution >= 4 is 0 Å². The fourth-order valence-electron chi connectivity index (χ4n) is 2.51. The van der Waals surface area contributed by atoms with Crippen LogP contribution in [0.25, 0.3) is 11.1 Å². The highest BCUT2D eigenvalue weighted by atomic mass is 19.2. The zero-order chi connectivity index (χ0) is 16.9. The molecule has 0 aromatic heterocycles. The van der Waals surface area contributed by atoms with Crippen molar-refractivity contribution in [1.82, 2.24) is 0 Å². The second-order valence-electron chi connectivity index (χ2n) is 5.40. The van der Waals surface area contributed by atoms with Crippen molar-refractivity contribution in [3.63, 3.8) is 0 Å². The van der Waals surface area contributed by atoms with Gasteiger partial charge in [-0.2, -0.15) is 0 Å². The molecule has 24 heavy (non-hydrogen) atoms. The van der Waals surface area contributed by atoms with E-state index in [4.69, 9.17) is 10.5 Å². The normalized spacial score (nSPS) is 10.6. The number of rotatable bonds is 5. The fraction of sp³-hybridized carbons (Fsp3) is 0.100. The Bertz CT molecular complexity index is 834. The van der Waals surface area contributed by atoms with Crippen LogP contribution in [0.3, 0.4) is 0 Å². The largest absolute Gasteiger partial charge is 0.489 e. The van der Waals surface area contributed by atoms with Gasteiger partial charge in [0.25, 0.3) is 0 Å². The van der Waals surface area contributed by atoms with Gasteiger partial charge in [0.15, 0.2) is 11.6 Å². The second kappa shape index (κ2) is 7.23. The topological polar surface area (TPSA) is 35.2 Å². The van der Waals surface area contributed by atoms with Crippen LogP contribution in [-0.4, -0.2) is 0 Å². The average Bonchev–Trinajstić information content (AvgIpc) is 2.63. The maximum absolute atomic E-state index is 14.0. The van der Waals surface area contributed by atoms with Crippen molar-refractivity contribution in [1.29, 1.82) is 0 Å². The molecule has 3 aromatic rings. The molecule has 0 saturated carbocycles. The molecule has 0 aliphatic carbocycles. The van der Waals surface area contributed by atoms with Crippen LogP contribution in [0, 0.1) is 11.6 Å². The van der Waals surface area contributed by atoms with E-state index < -0.39 is 11.6 Å². The summed E-state index contributed by atoms with van der Waals surface area (Å²) in [5.41, 5.74) is 8.35. The van der Waals surface area contributed by atoms with E-state index >= 15 is 0 Å². The van der Waals surface area contributed by atoms with Crippen LogP contribution in [0.2, 0.25) is 0 Å². The van der Waals surface area contributed by atoms with Gasteiger partial charge in [0.05, 0.1) is 0 Å². The van der Waals surface area contributed by atoms with Crippen molar-refractivity contribution in [2.75, 3.05) is 0 Å². The summed E-state index contributed by atoms with van der Waals surface area (Å²) in [4.78, 5) is 0. The van der Waals surface area contributed by atoms with E-state index in [0.717, 1.165) is 17.2 Å². The lowest BCUT2D eigenvalue weighted by atomic mass is 10.0. The molecule has 122 valence electrons. The average molecular weight is 325 g/mol. The van der Waals surface area contributed by atoms with Gasteiger partial charge in [-0.05, 0) is 29.3 Å². The first-order valence-corrected chi connectivity index (χ1v) is 7.63. The predicted molar refractivity (Wildman–Crippen MR) is 90.5 cm³/mol. The first-order valence-electron chi connectivity index (χ1n) is 7.63. The Kier molecular flexibility index (Phi) is 4.87. The van der Waals surface area contributed by atoms with Gasteiger partial charge in [-0.1, -0.05) is 48.5 Å². The second-order valence-corrected chi connectivity index (χ2v) is 5.40. The molecule has 3 rings (SSSR count). The van der Waals surface area contributed by atoms with E-state index in [9.17, 15) is 8.78 Å². The highest BCUT2D eigenvalue weighted by Crippen LogP contribution is 2.29. The molecule has 0 aliphatic rings. The van der Waals surface area contributed by atoms with Crippen LogP contribution in [0.5, 0.6) is 5.75 Å². The van der Waals surface area contributed by atoms with Gasteiger partial charge in [0.1, 0.15) is 12.4 Å². The molecule has 0 aliphatic heterocycles. The first-order chi connectivity index (χ1) is 11.7. The molecular formula is C20H17F2NO. The number of hydrogen-bond donors (Lipinski definition) is 1. The Morgan fingerprint density at radius 2 is 1.67 bits per heavy atom. The minimum atomic E-state index is -0.869. The third kappa shape index (κ3) is 3.44. The molecular weight excluding hydrogens is 308 g/mol. The minimum Gasteiger partial charge on any atom is -0.489 e.